The Kier molecular flexibility index (Phi) is 3.02. The van der Waals surface area contributed by atoms with Gasteiger partial charge in [-0.3, -0.25) is 4.79 Å². The molecule has 0 bridgehead atoms. The molecule has 1 atom stereocenters. The van der Waals surface area contributed by atoms with E-state index in [0.717, 1.165) is 6.54 Å². The summed E-state index contributed by atoms with van der Waals surface area (Å²) in [4.78, 5) is 10.9. The first-order valence-corrected chi connectivity index (χ1v) is 5.40. The number of amides is 1. The maximum atomic E-state index is 10.9. The van der Waals surface area contributed by atoms with Crippen LogP contribution in [-0.2, 0) is 0 Å². The molecular formula is C12H16N2O. The second-order valence-electron chi connectivity index (χ2n) is 3.99. The summed E-state index contributed by atoms with van der Waals surface area (Å²) in [6.45, 7) is 1.09. The van der Waals surface area contributed by atoms with E-state index < -0.39 is 0 Å². The first kappa shape index (κ1) is 10.2. The molecule has 15 heavy (non-hydrogen) atoms. The van der Waals surface area contributed by atoms with Crippen LogP contribution in [0.2, 0.25) is 0 Å². The standard InChI is InChI=1S/C12H16N2O/c13-12(15)10-6-4-9(5-7-10)11-3-1-2-8-14-11/h4-7,11,14H,1-3,8H2,(H2,13,15). The first-order chi connectivity index (χ1) is 7.27. The van der Waals surface area contributed by atoms with Gasteiger partial charge in [0.1, 0.15) is 0 Å². The molecule has 0 spiro atoms. The molecule has 3 nitrogen and oxygen atoms in total. The number of rotatable bonds is 2. The number of benzene rings is 1. The van der Waals surface area contributed by atoms with E-state index >= 15 is 0 Å². The molecule has 1 aromatic carbocycles. The molecule has 3 N–H and O–H groups in total. The van der Waals surface area contributed by atoms with Gasteiger partial charge in [-0.25, -0.2) is 0 Å². The molecule has 0 radical (unpaired) electrons. The Labute approximate surface area is 89.7 Å². The molecule has 80 valence electrons. The third-order valence-electron chi connectivity index (χ3n) is 2.91. The van der Waals surface area contributed by atoms with Crippen LogP contribution < -0.4 is 11.1 Å². The minimum Gasteiger partial charge on any atom is -0.366 e. The summed E-state index contributed by atoms with van der Waals surface area (Å²) in [5.74, 6) is -0.363. The van der Waals surface area contributed by atoms with Gasteiger partial charge in [0, 0.05) is 11.6 Å². The Hall–Kier alpha value is -1.35. The quantitative estimate of drug-likeness (QED) is 0.768. The van der Waals surface area contributed by atoms with Gasteiger partial charge in [-0.15, -0.1) is 0 Å². The molecule has 1 aromatic rings. The Balaban J connectivity index is 2.11. The van der Waals surface area contributed by atoms with E-state index in [1.165, 1.54) is 24.8 Å². The number of nitrogens with two attached hydrogens (primary N) is 1. The summed E-state index contributed by atoms with van der Waals surface area (Å²) >= 11 is 0. The zero-order valence-corrected chi connectivity index (χ0v) is 8.70. The predicted octanol–water partition coefficient (Wildman–Crippen LogP) is 1.60. The Morgan fingerprint density at radius 2 is 2.00 bits per heavy atom. The smallest absolute Gasteiger partial charge is 0.248 e. The van der Waals surface area contributed by atoms with E-state index in [-0.39, 0.29) is 5.91 Å². The lowest BCUT2D eigenvalue weighted by atomic mass is 9.97. The minimum atomic E-state index is -0.363. The number of piperidine rings is 1. The number of primary amides is 1. The second kappa shape index (κ2) is 4.45. The van der Waals surface area contributed by atoms with Crippen molar-refractivity contribution in [3.05, 3.63) is 35.4 Å². The van der Waals surface area contributed by atoms with Crippen LogP contribution in [0.4, 0.5) is 0 Å². The third kappa shape index (κ3) is 2.36. The highest BCUT2D eigenvalue weighted by Gasteiger charge is 2.14. The zero-order valence-electron chi connectivity index (χ0n) is 8.70. The fourth-order valence-electron chi connectivity index (χ4n) is 2.02. The average molecular weight is 204 g/mol. The Bertz CT molecular complexity index is 339. The molecule has 1 saturated heterocycles. The lowest BCUT2D eigenvalue weighted by Gasteiger charge is -2.23. The van der Waals surface area contributed by atoms with E-state index in [1.807, 2.05) is 12.1 Å². The van der Waals surface area contributed by atoms with Crippen LogP contribution in [0.15, 0.2) is 24.3 Å². The molecule has 0 aromatic heterocycles. The van der Waals surface area contributed by atoms with Crippen LogP contribution in [0.1, 0.15) is 41.2 Å². The third-order valence-corrected chi connectivity index (χ3v) is 2.91. The number of hydrogen-bond acceptors (Lipinski definition) is 2. The maximum absolute atomic E-state index is 10.9. The molecule has 0 saturated carbocycles. The van der Waals surface area contributed by atoms with Crippen molar-refractivity contribution in [1.29, 1.82) is 0 Å². The molecule has 1 amide bonds. The van der Waals surface area contributed by atoms with Crippen LogP contribution in [0.3, 0.4) is 0 Å². The summed E-state index contributed by atoms with van der Waals surface area (Å²) in [5, 5.41) is 3.47. The van der Waals surface area contributed by atoms with Crippen molar-refractivity contribution in [3.63, 3.8) is 0 Å². The van der Waals surface area contributed by atoms with Crippen molar-refractivity contribution in [3.8, 4) is 0 Å². The molecular weight excluding hydrogens is 188 g/mol. The van der Waals surface area contributed by atoms with E-state index in [0.29, 0.717) is 11.6 Å². The van der Waals surface area contributed by atoms with Crippen LogP contribution in [0.5, 0.6) is 0 Å². The summed E-state index contributed by atoms with van der Waals surface area (Å²) in [6.07, 6.45) is 3.71. The summed E-state index contributed by atoms with van der Waals surface area (Å²) in [7, 11) is 0. The lowest BCUT2D eigenvalue weighted by Crippen LogP contribution is -2.26. The van der Waals surface area contributed by atoms with E-state index in [1.54, 1.807) is 12.1 Å². The van der Waals surface area contributed by atoms with Crippen molar-refractivity contribution >= 4 is 5.91 Å². The van der Waals surface area contributed by atoms with Crippen LogP contribution in [-0.4, -0.2) is 12.5 Å². The maximum Gasteiger partial charge on any atom is 0.248 e. The molecule has 1 aliphatic heterocycles. The van der Waals surface area contributed by atoms with Gasteiger partial charge in [-0.05, 0) is 37.1 Å². The molecule has 1 aliphatic rings. The molecule has 1 unspecified atom stereocenters. The summed E-state index contributed by atoms with van der Waals surface area (Å²) in [5.41, 5.74) is 7.02. The van der Waals surface area contributed by atoms with Crippen molar-refractivity contribution in [2.24, 2.45) is 5.73 Å². The number of hydrogen-bond donors (Lipinski definition) is 2. The SMILES string of the molecule is NC(=O)c1ccc(C2CCCCN2)cc1. The molecule has 3 heteroatoms. The van der Waals surface area contributed by atoms with Crippen molar-refractivity contribution in [1.82, 2.24) is 5.32 Å². The van der Waals surface area contributed by atoms with Crippen molar-refractivity contribution in [2.45, 2.75) is 25.3 Å². The fraction of sp³-hybridized carbons (Fsp3) is 0.417. The summed E-state index contributed by atoms with van der Waals surface area (Å²) < 4.78 is 0. The van der Waals surface area contributed by atoms with Gasteiger partial charge in [0.05, 0.1) is 0 Å². The Morgan fingerprint density at radius 3 is 2.53 bits per heavy atom. The number of nitrogens with one attached hydrogen (secondary N) is 1. The predicted molar refractivity (Wildman–Crippen MR) is 59.6 cm³/mol. The highest BCUT2D eigenvalue weighted by molar-refractivity contribution is 5.92. The zero-order chi connectivity index (χ0) is 10.7. The van der Waals surface area contributed by atoms with Gasteiger partial charge in [-0.1, -0.05) is 18.6 Å². The average Bonchev–Trinajstić information content (AvgIpc) is 2.30. The van der Waals surface area contributed by atoms with Crippen LogP contribution >= 0.6 is 0 Å². The largest absolute Gasteiger partial charge is 0.366 e. The van der Waals surface area contributed by atoms with E-state index in [4.69, 9.17) is 5.73 Å². The lowest BCUT2D eigenvalue weighted by molar-refractivity contribution is 0.100. The van der Waals surface area contributed by atoms with Crippen LogP contribution in [0, 0.1) is 0 Å². The molecule has 2 rings (SSSR count). The molecule has 1 heterocycles. The monoisotopic (exact) mass is 204 g/mol. The highest BCUT2D eigenvalue weighted by Crippen LogP contribution is 2.22. The van der Waals surface area contributed by atoms with Crippen molar-refractivity contribution in [2.75, 3.05) is 6.54 Å². The molecule has 0 aliphatic carbocycles. The first-order valence-electron chi connectivity index (χ1n) is 5.40. The minimum absolute atomic E-state index is 0.363. The topological polar surface area (TPSA) is 55.1 Å². The number of carbonyl (C=O) groups excluding carboxylic acids is 1. The number of carbonyl (C=O) groups is 1. The van der Waals surface area contributed by atoms with Gasteiger partial charge in [0.15, 0.2) is 0 Å². The van der Waals surface area contributed by atoms with Gasteiger partial charge in [0.2, 0.25) is 5.91 Å². The van der Waals surface area contributed by atoms with Gasteiger partial charge < -0.3 is 11.1 Å². The van der Waals surface area contributed by atoms with Crippen molar-refractivity contribution < 1.29 is 4.79 Å². The van der Waals surface area contributed by atoms with Gasteiger partial charge >= 0.3 is 0 Å². The summed E-state index contributed by atoms with van der Waals surface area (Å²) in [6, 6.07) is 8.02. The van der Waals surface area contributed by atoms with E-state index in [2.05, 4.69) is 5.32 Å². The highest BCUT2D eigenvalue weighted by atomic mass is 16.1. The van der Waals surface area contributed by atoms with E-state index in [9.17, 15) is 4.79 Å². The second-order valence-corrected chi connectivity index (χ2v) is 3.99. The van der Waals surface area contributed by atoms with Crippen LogP contribution in [0.25, 0.3) is 0 Å². The van der Waals surface area contributed by atoms with Gasteiger partial charge in [0.25, 0.3) is 0 Å². The van der Waals surface area contributed by atoms with Gasteiger partial charge in [-0.2, -0.15) is 0 Å². The molecule has 1 fully saturated rings. The normalized spacial score (nSPS) is 21.2. The Morgan fingerprint density at radius 1 is 1.27 bits per heavy atom. The fourth-order valence-corrected chi connectivity index (χ4v) is 2.02.